The first-order valence-corrected chi connectivity index (χ1v) is 11.3. The monoisotopic (exact) mass is 522 g/mol. The van der Waals surface area contributed by atoms with Gasteiger partial charge in [0, 0.05) is 6.07 Å². The number of rotatable bonds is 9. The van der Waals surface area contributed by atoms with E-state index in [1.807, 2.05) is 0 Å². The fourth-order valence-electron chi connectivity index (χ4n) is 3.93. The Morgan fingerprint density at radius 2 is 1.24 bits per heavy atom. The van der Waals surface area contributed by atoms with Gasteiger partial charge in [0.05, 0.1) is 53.8 Å². The van der Waals surface area contributed by atoms with Gasteiger partial charge in [-0.05, 0) is 48.0 Å². The molecule has 198 valence electrons. The van der Waals surface area contributed by atoms with E-state index in [0.29, 0.717) is 45.6 Å². The van der Waals surface area contributed by atoms with E-state index in [2.05, 4.69) is 0 Å². The predicted octanol–water partition coefficient (Wildman–Crippen LogP) is 4.57. The zero-order chi connectivity index (χ0) is 27.4. The number of hydrogen-bond donors (Lipinski definition) is 0. The molecular weight excluding hydrogens is 496 g/mol. The second-order valence-corrected chi connectivity index (χ2v) is 7.86. The summed E-state index contributed by atoms with van der Waals surface area (Å²) in [5.74, 6) is 1.80. The Hall–Kier alpha value is -4.86. The van der Waals surface area contributed by atoms with Gasteiger partial charge in [-0.1, -0.05) is 0 Å². The first-order chi connectivity index (χ1) is 18.4. The molecule has 4 rings (SSSR count). The molecule has 0 fully saturated rings. The quantitative estimate of drug-likeness (QED) is 0.225. The van der Waals surface area contributed by atoms with Crippen molar-refractivity contribution in [3.8, 4) is 46.0 Å². The van der Waals surface area contributed by atoms with Gasteiger partial charge in [0.1, 0.15) is 11.5 Å². The van der Waals surface area contributed by atoms with Crippen molar-refractivity contribution < 1.29 is 47.5 Å². The van der Waals surface area contributed by atoms with E-state index in [9.17, 15) is 9.59 Å². The van der Waals surface area contributed by atoms with Crippen LogP contribution in [0.4, 0.5) is 0 Å². The second-order valence-electron chi connectivity index (χ2n) is 7.86. The number of benzene rings is 3. The van der Waals surface area contributed by atoms with Gasteiger partial charge in [0.25, 0.3) is 0 Å². The Morgan fingerprint density at radius 1 is 0.711 bits per heavy atom. The molecule has 1 aliphatic rings. The number of carbonyl (C=O) groups is 2. The highest BCUT2D eigenvalue weighted by molar-refractivity contribution is 6.14. The summed E-state index contributed by atoms with van der Waals surface area (Å²) < 4.78 is 43.3. The molecule has 0 bridgehead atoms. The molecule has 0 saturated carbocycles. The van der Waals surface area contributed by atoms with Crippen LogP contribution in [-0.4, -0.2) is 54.4 Å². The van der Waals surface area contributed by atoms with Crippen molar-refractivity contribution in [2.24, 2.45) is 0 Å². The van der Waals surface area contributed by atoms with Crippen LogP contribution in [0, 0.1) is 0 Å². The lowest BCUT2D eigenvalue weighted by atomic mass is 10.1. The van der Waals surface area contributed by atoms with Crippen LogP contribution < -0.4 is 37.9 Å². The fourth-order valence-corrected chi connectivity index (χ4v) is 3.93. The van der Waals surface area contributed by atoms with Gasteiger partial charge in [-0.3, -0.25) is 4.79 Å². The number of methoxy groups -OCH3 is 6. The van der Waals surface area contributed by atoms with Crippen LogP contribution in [0.25, 0.3) is 6.08 Å². The Kier molecular flexibility index (Phi) is 7.61. The van der Waals surface area contributed by atoms with E-state index in [-0.39, 0.29) is 28.6 Å². The van der Waals surface area contributed by atoms with Crippen molar-refractivity contribution in [1.82, 2.24) is 0 Å². The van der Waals surface area contributed by atoms with Crippen LogP contribution >= 0.6 is 0 Å². The van der Waals surface area contributed by atoms with E-state index in [4.69, 9.17) is 37.9 Å². The number of fused-ring (bicyclic) bond motifs is 1. The summed E-state index contributed by atoms with van der Waals surface area (Å²) in [6, 6.07) is 10.9. The van der Waals surface area contributed by atoms with Gasteiger partial charge in [0.15, 0.2) is 28.8 Å². The lowest BCUT2D eigenvalue weighted by Crippen LogP contribution is -2.09. The highest BCUT2D eigenvalue weighted by atomic mass is 16.5. The third kappa shape index (κ3) is 4.88. The summed E-state index contributed by atoms with van der Waals surface area (Å²) in [5.41, 5.74) is 1.11. The SMILES string of the molecule is COc1cc(/C=C2\Oc3cc(OC(=O)c4cc(OC)c(OC)c(OC)c4)ccc3C2=O)cc(OC)c1OC. The van der Waals surface area contributed by atoms with E-state index in [0.717, 1.165) is 0 Å². The summed E-state index contributed by atoms with van der Waals surface area (Å²) in [5, 5.41) is 0. The summed E-state index contributed by atoms with van der Waals surface area (Å²) in [7, 11) is 8.87. The molecule has 0 N–H and O–H groups in total. The molecule has 3 aromatic rings. The minimum atomic E-state index is -0.665. The van der Waals surface area contributed by atoms with Gasteiger partial charge < -0.3 is 37.9 Å². The van der Waals surface area contributed by atoms with Crippen molar-refractivity contribution in [2.75, 3.05) is 42.7 Å². The smallest absolute Gasteiger partial charge is 0.343 e. The lowest BCUT2D eigenvalue weighted by Gasteiger charge is -2.13. The Bertz CT molecular complexity index is 1370. The lowest BCUT2D eigenvalue weighted by molar-refractivity contribution is 0.0733. The molecule has 0 aromatic heterocycles. The van der Waals surface area contributed by atoms with Crippen LogP contribution in [0.15, 0.2) is 48.2 Å². The largest absolute Gasteiger partial charge is 0.493 e. The average Bonchev–Trinajstić information content (AvgIpc) is 3.25. The van der Waals surface area contributed by atoms with Gasteiger partial charge in [-0.2, -0.15) is 0 Å². The molecular formula is C28H26O10. The topological polar surface area (TPSA) is 108 Å². The maximum atomic E-state index is 13.0. The molecule has 3 aromatic carbocycles. The number of ketones is 1. The standard InChI is InChI=1S/C28H26O10/c1-31-21-10-15(11-22(32-2)26(21)35-5)9-20-25(29)18-8-7-17(14-19(18)38-20)37-28(30)16-12-23(33-3)27(36-6)24(13-16)34-4/h7-14H,1-6H3/b20-9-. The molecule has 0 aliphatic carbocycles. The minimum Gasteiger partial charge on any atom is -0.493 e. The molecule has 0 atom stereocenters. The van der Waals surface area contributed by atoms with Crippen molar-refractivity contribution in [3.05, 3.63) is 64.9 Å². The van der Waals surface area contributed by atoms with E-state index in [1.54, 1.807) is 18.2 Å². The first kappa shape index (κ1) is 26.2. The number of carbonyl (C=O) groups excluding carboxylic acids is 2. The van der Waals surface area contributed by atoms with Crippen LogP contribution in [0.2, 0.25) is 0 Å². The summed E-state index contributed by atoms with van der Waals surface area (Å²) in [6.45, 7) is 0. The number of Topliss-reactive ketones (excluding diaryl/α,β-unsaturated/α-hetero) is 1. The Balaban J connectivity index is 1.59. The molecule has 1 heterocycles. The molecule has 0 unspecified atom stereocenters. The molecule has 10 heteroatoms. The highest BCUT2D eigenvalue weighted by Gasteiger charge is 2.29. The van der Waals surface area contributed by atoms with Crippen molar-refractivity contribution in [2.45, 2.75) is 0 Å². The van der Waals surface area contributed by atoms with E-state index in [1.165, 1.54) is 73.0 Å². The second kappa shape index (κ2) is 11.0. The van der Waals surface area contributed by atoms with E-state index >= 15 is 0 Å². The summed E-state index contributed by atoms with van der Waals surface area (Å²) in [6.07, 6.45) is 1.56. The van der Waals surface area contributed by atoms with Crippen molar-refractivity contribution in [3.63, 3.8) is 0 Å². The molecule has 1 aliphatic heterocycles. The summed E-state index contributed by atoms with van der Waals surface area (Å²) in [4.78, 5) is 25.8. The van der Waals surface area contributed by atoms with Crippen molar-refractivity contribution in [1.29, 1.82) is 0 Å². The van der Waals surface area contributed by atoms with Crippen molar-refractivity contribution >= 4 is 17.8 Å². The van der Waals surface area contributed by atoms with Gasteiger partial charge in [-0.15, -0.1) is 0 Å². The first-order valence-electron chi connectivity index (χ1n) is 11.3. The molecule has 0 amide bonds. The Morgan fingerprint density at radius 3 is 1.74 bits per heavy atom. The Labute approximate surface area is 219 Å². The normalized spacial score (nSPS) is 12.9. The maximum Gasteiger partial charge on any atom is 0.343 e. The number of hydrogen-bond acceptors (Lipinski definition) is 10. The van der Waals surface area contributed by atoms with Crippen LogP contribution in [-0.2, 0) is 0 Å². The summed E-state index contributed by atoms with van der Waals surface area (Å²) >= 11 is 0. The van der Waals surface area contributed by atoms with Crippen LogP contribution in [0.1, 0.15) is 26.3 Å². The molecule has 0 saturated heterocycles. The number of esters is 1. The zero-order valence-corrected chi connectivity index (χ0v) is 21.7. The third-order valence-electron chi connectivity index (χ3n) is 5.74. The predicted molar refractivity (Wildman–Crippen MR) is 137 cm³/mol. The van der Waals surface area contributed by atoms with Gasteiger partial charge >= 0.3 is 5.97 Å². The zero-order valence-electron chi connectivity index (χ0n) is 21.7. The fraction of sp³-hybridized carbons (Fsp3) is 0.214. The molecule has 10 nitrogen and oxygen atoms in total. The van der Waals surface area contributed by atoms with Crippen LogP contribution in [0.5, 0.6) is 46.0 Å². The third-order valence-corrected chi connectivity index (χ3v) is 5.74. The maximum absolute atomic E-state index is 13.0. The molecule has 0 radical (unpaired) electrons. The number of allylic oxidation sites excluding steroid dienone is 1. The van der Waals surface area contributed by atoms with Gasteiger partial charge in [-0.25, -0.2) is 4.79 Å². The van der Waals surface area contributed by atoms with E-state index < -0.39 is 5.97 Å². The number of ether oxygens (including phenoxy) is 8. The van der Waals surface area contributed by atoms with Crippen LogP contribution in [0.3, 0.4) is 0 Å². The van der Waals surface area contributed by atoms with Gasteiger partial charge in [0.2, 0.25) is 17.3 Å². The molecule has 0 spiro atoms. The highest BCUT2D eigenvalue weighted by Crippen LogP contribution is 2.41. The average molecular weight is 523 g/mol. The molecule has 38 heavy (non-hydrogen) atoms. The minimum absolute atomic E-state index is 0.0855.